The molecule has 0 fully saturated rings. The van der Waals surface area contributed by atoms with Crippen LogP contribution >= 0.6 is 0 Å². The molecule has 0 saturated heterocycles. The van der Waals surface area contributed by atoms with Crippen molar-refractivity contribution in [2.24, 2.45) is 11.5 Å². The van der Waals surface area contributed by atoms with Crippen LogP contribution < -0.4 is 11.5 Å². The SMILES string of the molecule is NC(=O)C(N)Cc1c[nH]c2ccc(O)cc12.O. The highest BCUT2D eigenvalue weighted by Crippen LogP contribution is 2.23. The molecule has 17 heavy (non-hydrogen) atoms. The number of phenols is 1. The van der Waals surface area contributed by atoms with Gasteiger partial charge in [-0.1, -0.05) is 0 Å². The molecule has 1 aromatic carbocycles. The van der Waals surface area contributed by atoms with E-state index in [-0.39, 0.29) is 11.2 Å². The number of carbonyl (C=O) groups is 1. The Morgan fingerprint density at radius 1 is 1.47 bits per heavy atom. The van der Waals surface area contributed by atoms with Gasteiger partial charge in [0.2, 0.25) is 5.91 Å². The summed E-state index contributed by atoms with van der Waals surface area (Å²) in [5.41, 5.74) is 12.5. The van der Waals surface area contributed by atoms with Crippen molar-refractivity contribution in [3.8, 4) is 5.75 Å². The fraction of sp³-hybridized carbons (Fsp3) is 0.182. The maximum Gasteiger partial charge on any atom is 0.234 e. The second kappa shape index (κ2) is 4.86. The molecule has 1 heterocycles. The number of aromatic hydroxyl groups is 1. The molecule has 2 rings (SSSR count). The number of hydrogen-bond acceptors (Lipinski definition) is 3. The number of primary amides is 1. The van der Waals surface area contributed by atoms with Crippen LogP contribution in [0.2, 0.25) is 0 Å². The first-order valence-corrected chi connectivity index (χ1v) is 4.92. The minimum absolute atomic E-state index is 0. The Labute approximate surface area is 97.5 Å². The maximum absolute atomic E-state index is 10.9. The van der Waals surface area contributed by atoms with Gasteiger partial charge in [-0.05, 0) is 30.2 Å². The minimum atomic E-state index is -0.707. The molecular weight excluding hydrogens is 222 g/mol. The molecule has 0 aliphatic heterocycles. The monoisotopic (exact) mass is 237 g/mol. The third-order valence-electron chi connectivity index (χ3n) is 2.56. The van der Waals surface area contributed by atoms with Crippen LogP contribution in [0.15, 0.2) is 24.4 Å². The van der Waals surface area contributed by atoms with Gasteiger partial charge < -0.3 is 27.0 Å². The van der Waals surface area contributed by atoms with Crippen molar-refractivity contribution in [3.05, 3.63) is 30.0 Å². The van der Waals surface area contributed by atoms with E-state index in [1.165, 1.54) is 0 Å². The average molecular weight is 237 g/mol. The number of rotatable bonds is 3. The first kappa shape index (κ1) is 13.0. The van der Waals surface area contributed by atoms with E-state index in [1.807, 2.05) is 0 Å². The summed E-state index contributed by atoms with van der Waals surface area (Å²) in [5, 5.41) is 10.2. The zero-order valence-corrected chi connectivity index (χ0v) is 9.10. The molecule has 0 radical (unpaired) electrons. The molecule has 1 atom stereocenters. The molecule has 6 nitrogen and oxygen atoms in total. The van der Waals surface area contributed by atoms with E-state index >= 15 is 0 Å². The van der Waals surface area contributed by atoms with Crippen LogP contribution in [0.1, 0.15) is 5.56 Å². The Kier molecular flexibility index (Phi) is 3.72. The van der Waals surface area contributed by atoms with Gasteiger partial charge in [0.25, 0.3) is 0 Å². The van der Waals surface area contributed by atoms with E-state index in [9.17, 15) is 9.90 Å². The van der Waals surface area contributed by atoms with E-state index in [1.54, 1.807) is 24.4 Å². The highest BCUT2D eigenvalue weighted by Gasteiger charge is 2.13. The van der Waals surface area contributed by atoms with Gasteiger partial charge in [-0.25, -0.2) is 0 Å². The van der Waals surface area contributed by atoms with Crippen LogP contribution in [0.25, 0.3) is 10.9 Å². The number of phenolic OH excluding ortho intramolecular Hbond substituents is 1. The van der Waals surface area contributed by atoms with Gasteiger partial charge in [-0.3, -0.25) is 4.79 Å². The molecule has 1 unspecified atom stereocenters. The third-order valence-corrected chi connectivity index (χ3v) is 2.56. The van der Waals surface area contributed by atoms with Crippen LogP contribution in [0.3, 0.4) is 0 Å². The quantitative estimate of drug-likeness (QED) is 0.567. The second-order valence-corrected chi connectivity index (χ2v) is 3.76. The van der Waals surface area contributed by atoms with E-state index in [4.69, 9.17) is 11.5 Å². The highest BCUT2D eigenvalue weighted by atomic mass is 16.3. The summed E-state index contributed by atoms with van der Waals surface area (Å²) in [7, 11) is 0. The Morgan fingerprint density at radius 3 is 2.82 bits per heavy atom. The summed E-state index contributed by atoms with van der Waals surface area (Å²) in [5.74, 6) is -0.351. The van der Waals surface area contributed by atoms with Gasteiger partial charge >= 0.3 is 0 Å². The topological polar surface area (TPSA) is 137 Å². The summed E-state index contributed by atoms with van der Waals surface area (Å²) in [6.45, 7) is 0. The molecule has 6 heteroatoms. The van der Waals surface area contributed by atoms with Crippen molar-refractivity contribution in [3.63, 3.8) is 0 Å². The van der Waals surface area contributed by atoms with Gasteiger partial charge in [-0.15, -0.1) is 0 Å². The van der Waals surface area contributed by atoms with Crippen molar-refractivity contribution in [1.82, 2.24) is 4.98 Å². The van der Waals surface area contributed by atoms with Crippen molar-refractivity contribution in [1.29, 1.82) is 0 Å². The van der Waals surface area contributed by atoms with Crippen LogP contribution in [0, 0.1) is 0 Å². The fourth-order valence-corrected chi connectivity index (χ4v) is 1.67. The van der Waals surface area contributed by atoms with E-state index < -0.39 is 11.9 Å². The number of benzene rings is 1. The first-order valence-electron chi connectivity index (χ1n) is 4.92. The number of amides is 1. The number of hydrogen-bond donors (Lipinski definition) is 4. The van der Waals surface area contributed by atoms with E-state index in [2.05, 4.69) is 4.98 Å². The first-order chi connectivity index (χ1) is 7.58. The van der Waals surface area contributed by atoms with Gasteiger partial charge in [0, 0.05) is 17.1 Å². The number of nitrogens with two attached hydrogens (primary N) is 2. The average Bonchev–Trinajstić information content (AvgIpc) is 2.61. The zero-order valence-electron chi connectivity index (χ0n) is 9.10. The van der Waals surface area contributed by atoms with Gasteiger partial charge in [0.1, 0.15) is 5.75 Å². The number of carbonyl (C=O) groups excluding carboxylic acids is 1. The summed E-state index contributed by atoms with van der Waals surface area (Å²) < 4.78 is 0. The lowest BCUT2D eigenvalue weighted by molar-refractivity contribution is -0.119. The Bertz CT molecular complexity index is 536. The van der Waals surface area contributed by atoms with Crippen LogP contribution in [-0.4, -0.2) is 27.5 Å². The molecular formula is C11H15N3O3. The largest absolute Gasteiger partial charge is 0.508 e. The van der Waals surface area contributed by atoms with E-state index in [0.717, 1.165) is 16.5 Å². The molecule has 0 saturated carbocycles. The number of nitrogens with one attached hydrogen (secondary N) is 1. The summed E-state index contributed by atoms with van der Waals surface area (Å²) >= 11 is 0. The van der Waals surface area contributed by atoms with Gasteiger partial charge in [0.15, 0.2) is 0 Å². The minimum Gasteiger partial charge on any atom is -0.508 e. The normalized spacial score (nSPS) is 12.1. The maximum atomic E-state index is 10.9. The third kappa shape index (κ3) is 2.55. The molecule has 0 bridgehead atoms. The molecule has 0 spiro atoms. The predicted molar refractivity (Wildman–Crippen MR) is 64.5 cm³/mol. The lowest BCUT2D eigenvalue weighted by Crippen LogP contribution is -2.38. The van der Waals surface area contributed by atoms with E-state index in [0.29, 0.717) is 6.42 Å². The Morgan fingerprint density at radius 2 is 2.18 bits per heavy atom. The zero-order chi connectivity index (χ0) is 11.7. The second-order valence-electron chi connectivity index (χ2n) is 3.76. The molecule has 1 amide bonds. The molecule has 92 valence electrons. The standard InChI is InChI=1S/C11H13N3O2.H2O/c12-9(11(13)16)3-6-5-14-10-2-1-7(15)4-8(6)10;/h1-2,4-5,9,14-15H,3,12H2,(H2,13,16);1H2. The lowest BCUT2D eigenvalue weighted by atomic mass is 10.1. The fourth-order valence-electron chi connectivity index (χ4n) is 1.67. The van der Waals surface area contributed by atoms with Crippen LogP contribution in [-0.2, 0) is 11.2 Å². The van der Waals surface area contributed by atoms with Gasteiger partial charge in [-0.2, -0.15) is 0 Å². The Hall–Kier alpha value is -2.05. The van der Waals surface area contributed by atoms with Crippen molar-refractivity contribution in [2.45, 2.75) is 12.5 Å². The summed E-state index contributed by atoms with van der Waals surface area (Å²) in [6.07, 6.45) is 2.13. The number of fused-ring (bicyclic) bond motifs is 1. The molecule has 2 aromatic rings. The molecule has 0 aliphatic carbocycles. The highest BCUT2D eigenvalue weighted by molar-refractivity contribution is 5.86. The molecule has 0 aliphatic rings. The van der Waals surface area contributed by atoms with Crippen LogP contribution in [0.4, 0.5) is 0 Å². The Balaban J connectivity index is 0.00000144. The summed E-state index contributed by atoms with van der Waals surface area (Å²) in [6, 6.07) is 4.29. The van der Waals surface area contributed by atoms with Gasteiger partial charge in [0.05, 0.1) is 6.04 Å². The lowest BCUT2D eigenvalue weighted by Gasteiger charge is -2.05. The number of aromatic nitrogens is 1. The van der Waals surface area contributed by atoms with Crippen molar-refractivity contribution >= 4 is 16.8 Å². The number of aromatic amines is 1. The van der Waals surface area contributed by atoms with Crippen molar-refractivity contribution < 1.29 is 15.4 Å². The molecule has 8 N–H and O–H groups in total. The van der Waals surface area contributed by atoms with Crippen LogP contribution in [0.5, 0.6) is 5.75 Å². The smallest absolute Gasteiger partial charge is 0.234 e. The van der Waals surface area contributed by atoms with Crippen molar-refractivity contribution in [2.75, 3.05) is 0 Å². The molecule has 1 aromatic heterocycles. The summed E-state index contributed by atoms with van der Waals surface area (Å²) in [4.78, 5) is 13.9. The number of H-pyrrole nitrogens is 1. The predicted octanol–water partition coefficient (Wildman–Crippen LogP) is -0.596.